The average molecular weight is 283 g/mol. The molecule has 1 saturated heterocycles. The van der Waals surface area contributed by atoms with Gasteiger partial charge in [0.1, 0.15) is 0 Å². The van der Waals surface area contributed by atoms with Crippen molar-refractivity contribution in [2.45, 2.75) is 30.7 Å². The lowest BCUT2D eigenvalue weighted by atomic mass is 10.0. The molecule has 1 heterocycles. The molecule has 0 spiro atoms. The molecule has 0 amide bonds. The molecular formula is C13H17NO4S. The van der Waals surface area contributed by atoms with Crippen LogP contribution in [0.15, 0.2) is 29.2 Å². The Morgan fingerprint density at radius 1 is 1.42 bits per heavy atom. The zero-order valence-electron chi connectivity index (χ0n) is 11.0. The zero-order valence-corrected chi connectivity index (χ0v) is 11.8. The number of Topliss-reactive ketones (excluding diaryl/α,β-unsaturated/α-hetero) is 1. The molecule has 0 aliphatic carbocycles. The minimum Gasteiger partial charge on any atom is -0.379 e. The summed E-state index contributed by atoms with van der Waals surface area (Å²) in [6.07, 6.45) is 0.638. The average Bonchev–Trinajstić information content (AvgIpc) is 2.75. The van der Waals surface area contributed by atoms with E-state index in [1.54, 1.807) is 12.1 Å². The van der Waals surface area contributed by atoms with Crippen molar-refractivity contribution >= 4 is 15.8 Å². The molecule has 1 N–H and O–H groups in total. The smallest absolute Gasteiger partial charge is 0.241 e. The molecule has 0 saturated carbocycles. The van der Waals surface area contributed by atoms with E-state index in [9.17, 15) is 13.2 Å². The lowest BCUT2D eigenvalue weighted by molar-refractivity contribution is 0.101. The van der Waals surface area contributed by atoms with Gasteiger partial charge in [-0.3, -0.25) is 4.79 Å². The molecule has 2 rings (SSSR count). The fourth-order valence-electron chi connectivity index (χ4n) is 2.01. The van der Waals surface area contributed by atoms with Gasteiger partial charge in [0.25, 0.3) is 0 Å². The van der Waals surface area contributed by atoms with Gasteiger partial charge in [-0.15, -0.1) is 0 Å². The van der Waals surface area contributed by atoms with Crippen LogP contribution in [0.1, 0.15) is 30.6 Å². The highest BCUT2D eigenvalue weighted by Crippen LogP contribution is 2.21. The van der Waals surface area contributed by atoms with Crippen LogP contribution in [-0.4, -0.2) is 33.0 Å². The first-order chi connectivity index (χ1) is 8.82. The molecule has 5 nitrogen and oxygen atoms in total. The summed E-state index contributed by atoms with van der Waals surface area (Å²) >= 11 is 0. The molecule has 1 fully saturated rings. The second-order valence-corrected chi connectivity index (χ2v) is 6.74. The third kappa shape index (κ3) is 3.20. The van der Waals surface area contributed by atoms with Crippen LogP contribution in [0, 0.1) is 0 Å². The number of benzene rings is 1. The molecule has 1 aliphatic rings. The van der Waals surface area contributed by atoms with Crippen molar-refractivity contribution in [3.63, 3.8) is 0 Å². The highest BCUT2D eigenvalue weighted by Gasteiger charge is 2.34. The van der Waals surface area contributed by atoms with Crippen LogP contribution in [0.3, 0.4) is 0 Å². The predicted octanol–water partition coefficient (Wildman–Crippen LogP) is 1.35. The number of carbonyl (C=O) groups is 1. The maximum atomic E-state index is 12.3. The summed E-state index contributed by atoms with van der Waals surface area (Å²) in [6, 6.07) is 6.04. The maximum Gasteiger partial charge on any atom is 0.241 e. The summed E-state index contributed by atoms with van der Waals surface area (Å²) in [4.78, 5) is 11.4. The van der Waals surface area contributed by atoms with Crippen LogP contribution in [0.4, 0.5) is 0 Å². The molecule has 1 atom stereocenters. The van der Waals surface area contributed by atoms with E-state index in [0.29, 0.717) is 25.2 Å². The maximum absolute atomic E-state index is 12.3. The Hall–Kier alpha value is -1.24. The molecule has 0 radical (unpaired) electrons. The zero-order chi connectivity index (χ0) is 14.1. The number of carbonyl (C=O) groups excluding carboxylic acids is 1. The van der Waals surface area contributed by atoms with Gasteiger partial charge in [-0.1, -0.05) is 12.1 Å². The van der Waals surface area contributed by atoms with Gasteiger partial charge >= 0.3 is 0 Å². The normalized spacial score (nSPS) is 23.5. The van der Waals surface area contributed by atoms with Crippen LogP contribution in [-0.2, 0) is 14.8 Å². The van der Waals surface area contributed by atoms with Crippen molar-refractivity contribution in [3.05, 3.63) is 29.8 Å². The second kappa shape index (κ2) is 5.03. The van der Waals surface area contributed by atoms with Crippen LogP contribution in [0.25, 0.3) is 0 Å². The fourth-order valence-corrected chi connectivity index (χ4v) is 3.48. The summed E-state index contributed by atoms with van der Waals surface area (Å²) in [6.45, 7) is 4.13. The number of hydrogen-bond acceptors (Lipinski definition) is 4. The summed E-state index contributed by atoms with van der Waals surface area (Å²) in [5.74, 6) is -0.160. The van der Waals surface area contributed by atoms with E-state index in [4.69, 9.17) is 4.74 Å². The van der Waals surface area contributed by atoms with Gasteiger partial charge in [0, 0.05) is 12.2 Å². The van der Waals surface area contributed by atoms with Crippen LogP contribution in [0.2, 0.25) is 0 Å². The SMILES string of the molecule is CC(=O)c1cccc(S(=O)(=O)NC2(C)CCOC2)c1. The first-order valence-electron chi connectivity index (χ1n) is 6.05. The minimum atomic E-state index is -3.64. The van der Waals surface area contributed by atoms with E-state index >= 15 is 0 Å². The number of rotatable bonds is 4. The minimum absolute atomic E-state index is 0.105. The first-order valence-corrected chi connectivity index (χ1v) is 7.53. The van der Waals surface area contributed by atoms with Crippen molar-refractivity contribution < 1.29 is 17.9 Å². The van der Waals surface area contributed by atoms with Crippen molar-refractivity contribution in [1.29, 1.82) is 0 Å². The lowest BCUT2D eigenvalue weighted by Gasteiger charge is -2.23. The predicted molar refractivity (Wildman–Crippen MR) is 70.6 cm³/mol. The Bertz CT molecular complexity index is 588. The van der Waals surface area contributed by atoms with E-state index in [-0.39, 0.29) is 10.7 Å². The number of hydrogen-bond donors (Lipinski definition) is 1. The molecular weight excluding hydrogens is 266 g/mol. The number of sulfonamides is 1. The third-order valence-electron chi connectivity index (χ3n) is 3.15. The molecule has 1 aromatic carbocycles. The van der Waals surface area contributed by atoms with Crippen molar-refractivity contribution in [3.8, 4) is 0 Å². The molecule has 1 unspecified atom stereocenters. The second-order valence-electron chi connectivity index (χ2n) is 5.05. The Balaban J connectivity index is 2.29. The summed E-state index contributed by atoms with van der Waals surface area (Å²) < 4.78 is 32.5. The topological polar surface area (TPSA) is 72.5 Å². The monoisotopic (exact) mass is 283 g/mol. The van der Waals surface area contributed by atoms with Crippen molar-refractivity contribution in [2.75, 3.05) is 13.2 Å². The van der Waals surface area contributed by atoms with Gasteiger partial charge in [0.15, 0.2) is 5.78 Å². The van der Waals surface area contributed by atoms with E-state index in [1.165, 1.54) is 19.1 Å². The van der Waals surface area contributed by atoms with E-state index < -0.39 is 15.6 Å². The summed E-state index contributed by atoms with van der Waals surface area (Å²) in [7, 11) is -3.64. The van der Waals surface area contributed by atoms with Gasteiger partial charge in [-0.05, 0) is 32.4 Å². The quantitative estimate of drug-likeness (QED) is 0.847. The number of ketones is 1. The Morgan fingerprint density at radius 2 is 2.16 bits per heavy atom. The lowest BCUT2D eigenvalue weighted by Crippen LogP contribution is -2.46. The van der Waals surface area contributed by atoms with E-state index in [0.717, 1.165) is 0 Å². The molecule has 1 aliphatic heterocycles. The Kier molecular flexibility index (Phi) is 3.75. The summed E-state index contributed by atoms with van der Waals surface area (Å²) in [5, 5.41) is 0. The van der Waals surface area contributed by atoms with Gasteiger partial charge in [0.05, 0.1) is 17.0 Å². The molecule has 0 bridgehead atoms. The van der Waals surface area contributed by atoms with Crippen molar-refractivity contribution in [2.24, 2.45) is 0 Å². The molecule has 6 heteroatoms. The van der Waals surface area contributed by atoms with Gasteiger partial charge < -0.3 is 4.74 Å². The Labute approximate surface area is 113 Å². The highest BCUT2D eigenvalue weighted by atomic mass is 32.2. The Morgan fingerprint density at radius 3 is 2.74 bits per heavy atom. The van der Waals surface area contributed by atoms with Crippen LogP contribution >= 0.6 is 0 Å². The van der Waals surface area contributed by atoms with Gasteiger partial charge in [-0.25, -0.2) is 13.1 Å². The van der Waals surface area contributed by atoms with Gasteiger partial charge in [0.2, 0.25) is 10.0 Å². The summed E-state index contributed by atoms with van der Waals surface area (Å²) in [5.41, 5.74) is -0.193. The van der Waals surface area contributed by atoms with E-state index in [1.807, 2.05) is 6.92 Å². The fraction of sp³-hybridized carbons (Fsp3) is 0.462. The highest BCUT2D eigenvalue weighted by molar-refractivity contribution is 7.89. The van der Waals surface area contributed by atoms with E-state index in [2.05, 4.69) is 4.72 Å². The van der Waals surface area contributed by atoms with Crippen LogP contribution in [0.5, 0.6) is 0 Å². The number of ether oxygens (including phenoxy) is 1. The third-order valence-corrected chi connectivity index (χ3v) is 4.79. The molecule has 0 aromatic heterocycles. The molecule has 104 valence electrons. The van der Waals surface area contributed by atoms with Crippen molar-refractivity contribution in [1.82, 2.24) is 4.72 Å². The number of nitrogens with one attached hydrogen (secondary N) is 1. The standard InChI is InChI=1S/C13H17NO4S/c1-10(15)11-4-3-5-12(8-11)19(16,17)14-13(2)6-7-18-9-13/h3-5,8,14H,6-7,9H2,1-2H3. The van der Waals surface area contributed by atoms with Crippen LogP contribution < -0.4 is 4.72 Å². The molecule has 1 aromatic rings. The first kappa shape index (κ1) is 14.2. The largest absolute Gasteiger partial charge is 0.379 e. The molecule has 19 heavy (non-hydrogen) atoms. The van der Waals surface area contributed by atoms with Gasteiger partial charge in [-0.2, -0.15) is 0 Å².